The van der Waals surface area contributed by atoms with Crippen molar-refractivity contribution in [3.63, 3.8) is 0 Å². The van der Waals surface area contributed by atoms with Gasteiger partial charge in [0.1, 0.15) is 0 Å². The minimum atomic E-state index is -0.0140. The molecule has 0 heterocycles. The standard InChI is InChI=1S/C14H29N3O/c1-4-17(11-14(2,3)10-15)13(18)16-12-8-6-5-7-9-12/h12H,4-11,15H2,1-3H3,(H,16,18). The van der Waals surface area contributed by atoms with Crippen LogP contribution in [-0.2, 0) is 0 Å². The molecule has 1 aliphatic carbocycles. The second-order valence-electron chi connectivity index (χ2n) is 6.17. The molecule has 1 rings (SSSR count). The molecule has 0 unspecified atom stereocenters. The average Bonchev–Trinajstić information content (AvgIpc) is 2.37. The van der Waals surface area contributed by atoms with Crippen LogP contribution >= 0.6 is 0 Å². The second-order valence-corrected chi connectivity index (χ2v) is 6.17. The summed E-state index contributed by atoms with van der Waals surface area (Å²) in [4.78, 5) is 14.1. The van der Waals surface area contributed by atoms with Crippen molar-refractivity contribution >= 4 is 6.03 Å². The zero-order valence-corrected chi connectivity index (χ0v) is 12.2. The number of urea groups is 1. The summed E-state index contributed by atoms with van der Waals surface area (Å²) in [5.41, 5.74) is 5.72. The zero-order valence-electron chi connectivity index (χ0n) is 12.2. The van der Waals surface area contributed by atoms with Crippen molar-refractivity contribution in [2.75, 3.05) is 19.6 Å². The van der Waals surface area contributed by atoms with Gasteiger partial charge >= 0.3 is 6.03 Å². The van der Waals surface area contributed by atoms with E-state index < -0.39 is 0 Å². The first-order chi connectivity index (χ1) is 8.48. The maximum Gasteiger partial charge on any atom is 0.317 e. The predicted octanol–water partition coefficient (Wildman–Crippen LogP) is 2.34. The van der Waals surface area contributed by atoms with Gasteiger partial charge in [-0.05, 0) is 31.7 Å². The molecular formula is C14H29N3O. The summed E-state index contributed by atoms with van der Waals surface area (Å²) in [7, 11) is 0. The van der Waals surface area contributed by atoms with Gasteiger partial charge in [-0.3, -0.25) is 0 Å². The molecule has 0 radical (unpaired) electrons. The van der Waals surface area contributed by atoms with Crippen LogP contribution in [0.3, 0.4) is 0 Å². The molecule has 3 N–H and O–H groups in total. The zero-order chi connectivity index (χ0) is 13.6. The van der Waals surface area contributed by atoms with Crippen LogP contribution in [0.4, 0.5) is 4.79 Å². The van der Waals surface area contributed by atoms with Gasteiger partial charge in [0, 0.05) is 19.1 Å². The molecule has 0 saturated heterocycles. The molecule has 2 amide bonds. The Labute approximate surface area is 111 Å². The monoisotopic (exact) mass is 255 g/mol. The first-order valence-corrected chi connectivity index (χ1v) is 7.24. The van der Waals surface area contributed by atoms with E-state index in [1.54, 1.807) is 0 Å². The highest BCUT2D eigenvalue weighted by molar-refractivity contribution is 5.74. The molecule has 0 spiro atoms. The molecule has 0 aromatic heterocycles. The summed E-state index contributed by atoms with van der Waals surface area (Å²) in [6.07, 6.45) is 6.05. The van der Waals surface area contributed by atoms with Crippen LogP contribution in [0, 0.1) is 5.41 Å². The molecule has 0 aromatic carbocycles. The van der Waals surface area contributed by atoms with E-state index in [2.05, 4.69) is 19.2 Å². The van der Waals surface area contributed by atoms with Gasteiger partial charge in [-0.1, -0.05) is 33.1 Å². The molecule has 0 atom stereocenters. The first kappa shape index (κ1) is 15.3. The van der Waals surface area contributed by atoms with Crippen LogP contribution in [0.5, 0.6) is 0 Å². The van der Waals surface area contributed by atoms with Gasteiger partial charge in [0.15, 0.2) is 0 Å². The van der Waals surface area contributed by atoms with E-state index in [1.807, 2.05) is 11.8 Å². The van der Waals surface area contributed by atoms with Crippen molar-refractivity contribution in [3.05, 3.63) is 0 Å². The molecule has 4 nitrogen and oxygen atoms in total. The van der Waals surface area contributed by atoms with Crippen LogP contribution in [0.25, 0.3) is 0 Å². The minimum absolute atomic E-state index is 0.0140. The Bertz CT molecular complexity index is 260. The Hall–Kier alpha value is -0.770. The molecule has 1 aliphatic rings. The number of hydrogen-bond donors (Lipinski definition) is 2. The van der Waals surface area contributed by atoms with Crippen LogP contribution < -0.4 is 11.1 Å². The van der Waals surface area contributed by atoms with Crippen molar-refractivity contribution in [1.29, 1.82) is 0 Å². The third-order valence-corrected chi connectivity index (χ3v) is 3.77. The number of hydrogen-bond acceptors (Lipinski definition) is 2. The Kier molecular flexibility index (Phi) is 5.93. The third kappa shape index (κ3) is 4.84. The van der Waals surface area contributed by atoms with Crippen molar-refractivity contribution in [1.82, 2.24) is 10.2 Å². The van der Waals surface area contributed by atoms with Crippen molar-refractivity contribution in [3.8, 4) is 0 Å². The first-order valence-electron chi connectivity index (χ1n) is 7.24. The topological polar surface area (TPSA) is 58.4 Å². The molecule has 0 bridgehead atoms. The fraction of sp³-hybridized carbons (Fsp3) is 0.929. The molecule has 1 fully saturated rings. The number of nitrogens with zero attached hydrogens (tertiary/aromatic N) is 1. The number of carbonyl (C=O) groups excluding carboxylic acids is 1. The molecule has 18 heavy (non-hydrogen) atoms. The van der Waals surface area contributed by atoms with E-state index in [9.17, 15) is 4.79 Å². The number of nitrogens with two attached hydrogens (primary N) is 1. The summed E-state index contributed by atoms with van der Waals surface area (Å²) in [5.74, 6) is 0. The lowest BCUT2D eigenvalue weighted by molar-refractivity contribution is 0.167. The Morgan fingerprint density at radius 3 is 2.44 bits per heavy atom. The van der Waals surface area contributed by atoms with Gasteiger partial charge in [0.2, 0.25) is 0 Å². The van der Waals surface area contributed by atoms with E-state index in [0.717, 1.165) is 25.9 Å². The van der Waals surface area contributed by atoms with Crippen molar-refractivity contribution < 1.29 is 4.79 Å². The highest BCUT2D eigenvalue weighted by Gasteiger charge is 2.24. The van der Waals surface area contributed by atoms with Gasteiger partial charge in [0.05, 0.1) is 0 Å². The minimum Gasteiger partial charge on any atom is -0.335 e. The van der Waals surface area contributed by atoms with E-state index in [1.165, 1.54) is 19.3 Å². The lowest BCUT2D eigenvalue weighted by Gasteiger charge is -2.33. The van der Waals surface area contributed by atoms with Gasteiger partial charge in [-0.15, -0.1) is 0 Å². The maximum absolute atomic E-state index is 12.2. The molecule has 0 aromatic rings. The molecule has 0 aliphatic heterocycles. The average molecular weight is 255 g/mol. The van der Waals surface area contributed by atoms with Crippen LogP contribution in [0.2, 0.25) is 0 Å². The van der Waals surface area contributed by atoms with E-state index in [0.29, 0.717) is 12.6 Å². The molecule has 1 saturated carbocycles. The summed E-state index contributed by atoms with van der Waals surface area (Å²) in [5, 5.41) is 3.16. The molecule has 4 heteroatoms. The van der Waals surface area contributed by atoms with Gasteiger partial charge < -0.3 is 16.0 Å². The summed E-state index contributed by atoms with van der Waals surface area (Å²) < 4.78 is 0. The predicted molar refractivity (Wildman–Crippen MR) is 75.5 cm³/mol. The SMILES string of the molecule is CCN(CC(C)(C)CN)C(=O)NC1CCCCC1. The van der Waals surface area contributed by atoms with E-state index in [4.69, 9.17) is 5.73 Å². The Morgan fingerprint density at radius 1 is 1.33 bits per heavy atom. The molecule has 106 valence electrons. The van der Waals surface area contributed by atoms with Gasteiger partial charge in [-0.25, -0.2) is 4.79 Å². The van der Waals surface area contributed by atoms with E-state index in [-0.39, 0.29) is 11.4 Å². The number of nitrogens with one attached hydrogen (secondary N) is 1. The maximum atomic E-state index is 12.2. The quantitative estimate of drug-likeness (QED) is 0.792. The number of carbonyl (C=O) groups is 1. The fourth-order valence-electron chi connectivity index (χ4n) is 2.42. The van der Waals surface area contributed by atoms with Crippen molar-refractivity contribution in [2.24, 2.45) is 11.1 Å². The fourth-order valence-corrected chi connectivity index (χ4v) is 2.42. The Balaban J connectivity index is 2.45. The lowest BCUT2D eigenvalue weighted by Crippen LogP contribution is -2.49. The van der Waals surface area contributed by atoms with Gasteiger partial charge in [-0.2, -0.15) is 0 Å². The highest BCUT2D eigenvalue weighted by atomic mass is 16.2. The summed E-state index contributed by atoms with van der Waals surface area (Å²) in [6, 6.07) is 0.451. The summed E-state index contributed by atoms with van der Waals surface area (Å²) in [6.45, 7) is 8.28. The van der Waals surface area contributed by atoms with Crippen LogP contribution in [0.1, 0.15) is 52.9 Å². The van der Waals surface area contributed by atoms with Gasteiger partial charge in [0.25, 0.3) is 0 Å². The third-order valence-electron chi connectivity index (χ3n) is 3.77. The number of rotatable bonds is 5. The summed E-state index contributed by atoms with van der Waals surface area (Å²) >= 11 is 0. The Morgan fingerprint density at radius 2 is 1.94 bits per heavy atom. The number of amides is 2. The normalized spacial score (nSPS) is 17.6. The van der Waals surface area contributed by atoms with Crippen LogP contribution in [-0.4, -0.2) is 36.6 Å². The highest BCUT2D eigenvalue weighted by Crippen LogP contribution is 2.19. The van der Waals surface area contributed by atoms with E-state index >= 15 is 0 Å². The molecular weight excluding hydrogens is 226 g/mol. The van der Waals surface area contributed by atoms with Crippen molar-refractivity contribution in [2.45, 2.75) is 58.9 Å². The lowest BCUT2D eigenvalue weighted by atomic mass is 9.93. The van der Waals surface area contributed by atoms with Crippen LogP contribution in [0.15, 0.2) is 0 Å². The largest absolute Gasteiger partial charge is 0.335 e. The second kappa shape index (κ2) is 6.98. The smallest absolute Gasteiger partial charge is 0.317 e.